The Labute approximate surface area is 77.8 Å². The number of nitrogens with zero attached hydrogens (tertiary/aromatic N) is 1. The largest absolute Gasteiger partial charge is 0.411 e. The maximum absolute atomic E-state index is 11.0. The van der Waals surface area contributed by atoms with Crippen LogP contribution in [0.3, 0.4) is 0 Å². The zero-order chi connectivity index (χ0) is 8.97. The molecule has 0 unspecified atom stereocenters. The molecular formula is C8H6BrNO2. The normalized spacial score (nSPS) is 10.4. The van der Waals surface area contributed by atoms with E-state index in [0.29, 0.717) is 5.56 Å². The lowest BCUT2D eigenvalue weighted by Gasteiger charge is -1.93. The highest BCUT2D eigenvalue weighted by Gasteiger charge is 2.00. The molecule has 1 N–H and O–H groups in total. The summed E-state index contributed by atoms with van der Waals surface area (Å²) in [4.78, 5) is 11.0. The summed E-state index contributed by atoms with van der Waals surface area (Å²) in [6.45, 7) is 0. The van der Waals surface area contributed by atoms with Gasteiger partial charge >= 0.3 is 0 Å². The molecule has 4 heteroatoms. The monoisotopic (exact) mass is 227 g/mol. The summed E-state index contributed by atoms with van der Waals surface area (Å²) in [6, 6.07) is 6.79. The summed E-state index contributed by atoms with van der Waals surface area (Å²) in [7, 11) is 0. The highest BCUT2D eigenvalue weighted by Crippen LogP contribution is 2.10. The summed E-state index contributed by atoms with van der Waals surface area (Å²) >= 11 is 3.24. The van der Waals surface area contributed by atoms with Crippen LogP contribution in [0.5, 0.6) is 0 Å². The molecule has 12 heavy (non-hydrogen) atoms. The molecule has 0 spiro atoms. The molecule has 1 aromatic rings. The topological polar surface area (TPSA) is 49.7 Å². The van der Waals surface area contributed by atoms with E-state index in [1.165, 1.54) is 0 Å². The van der Waals surface area contributed by atoms with Gasteiger partial charge in [-0.3, -0.25) is 4.79 Å². The molecule has 62 valence electrons. The first-order valence-electron chi connectivity index (χ1n) is 3.21. The number of rotatable bonds is 2. The molecule has 0 aliphatic carbocycles. The minimum absolute atomic E-state index is 0.315. The van der Waals surface area contributed by atoms with Gasteiger partial charge in [0.15, 0.2) is 0 Å². The van der Waals surface area contributed by atoms with Crippen LogP contribution < -0.4 is 0 Å². The third kappa shape index (κ3) is 2.17. The van der Waals surface area contributed by atoms with Gasteiger partial charge in [-0.25, -0.2) is 0 Å². The van der Waals surface area contributed by atoms with Gasteiger partial charge in [-0.05, 0) is 24.3 Å². The number of Topliss-reactive ketones (excluding diaryl/α,β-unsaturated/α-hetero) is 1. The molecule has 0 aromatic heterocycles. The molecule has 0 radical (unpaired) electrons. The van der Waals surface area contributed by atoms with Crippen molar-refractivity contribution in [3.05, 3.63) is 34.3 Å². The van der Waals surface area contributed by atoms with E-state index in [-0.39, 0.29) is 5.78 Å². The Balaban J connectivity index is 2.90. The van der Waals surface area contributed by atoms with Gasteiger partial charge in [0.1, 0.15) is 6.21 Å². The third-order valence-corrected chi connectivity index (χ3v) is 1.83. The number of hydrogen-bond acceptors (Lipinski definition) is 3. The van der Waals surface area contributed by atoms with Crippen molar-refractivity contribution in [2.24, 2.45) is 5.16 Å². The van der Waals surface area contributed by atoms with Crippen LogP contribution in [0.2, 0.25) is 0 Å². The lowest BCUT2D eigenvalue weighted by molar-refractivity contribution is 0.106. The second-order valence-electron chi connectivity index (χ2n) is 2.12. The zero-order valence-corrected chi connectivity index (χ0v) is 7.65. The van der Waals surface area contributed by atoms with Gasteiger partial charge in [0.2, 0.25) is 5.78 Å². The summed E-state index contributed by atoms with van der Waals surface area (Å²) in [5.41, 5.74) is 0.496. The van der Waals surface area contributed by atoms with Crippen molar-refractivity contribution in [2.45, 2.75) is 0 Å². The van der Waals surface area contributed by atoms with E-state index in [1.54, 1.807) is 24.3 Å². The van der Waals surface area contributed by atoms with Crippen molar-refractivity contribution < 1.29 is 10.0 Å². The van der Waals surface area contributed by atoms with E-state index in [1.807, 2.05) is 0 Å². The van der Waals surface area contributed by atoms with Crippen LogP contribution >= 0.6 is 15.9 Å². The predicted octanol–water partition coefficient (Wildman–Crippen LogP) is 2.09. The molecular weight excluding hydrogens is 222 g/mol. The maximum atomic E-state index is 11.0. The summed E-state index contributed by atoms with van der Waals surface area (Å²) in [5.74, 6) is -0.315. The van der Waals surface area contributed by atoms with Crippen LogP contribution in [0.4, 0.5) is 0 Å². The minimum atomic E-state index is -0.315. The number of oxime groups is 1. The second-order valence-corrected chi connectivity index (χ2v) is 3.03. The number of ketones is 1. The number of hydrogen-bond donors (Lipinski definition) is 1. The first kappa shape index (κ1) is 8.93. The predicted molar refractivity (Wildman–Crippen MR) is 48.8 cm³/mol. The lowest BCUT2D eigenvalue weighted by Crippen LogP contribution is -1.99. The molecule has 0 fully saturated rings. The Bertz CT molecular complexity index is 305. The van der Waals surface area contributed by atoms with E-state index < -0.39 is 0 Å². The standard InChI is InChI=1S/C8H6BrNO2/c9-7-3-1-6(2-4-7)8(11)5-10-12/h1-5,12H/b10-5+. The molecule has 0 atom stereocenters. The average molecular weight is 228 g/mol. The number of halogens is 1. The Morgan fingerprint density at radius 3 is 2.50 bits per heavy atom. The first-order chi connectivity index (χ1) is 5.74. The molecule has 3 nitrogen and oxygen atoms in total. The van der Waals surface area contributed by atoms with Crippen LogP contribution in [0, 0.1) is 0 Å². The van der Waals surface area contributed by atoms with Crippen molar-refractivity contribution in [1.29, 1.82) is 0 Å². The van der Waals surface area contributed by atoms with Crippen molar-refractivity contribution in [1.82, 2.24) is 0 Å². The number of carbonyl (C=O) groups excluding carboxylic acids is 1. The molecule has 0 saturated heterocycles. The van der Waals surface area contributed by atoms with Crippen molar-refractivity contribution in [3.8, 4) is 0 Å². The summed E-state index contributed by atoms with van der Waals surface area (Å²) < 4.78 is 0.903. The zero-order valence-electron chi connectivity index (χ0n) is 6.07. The molecule has 1 aromatic carbocycles. The summed E-state index contributed by atoms with van der Waals surface area (Å²) in [6.07, 6.45) is 0.864. The molecule has 0 aliphatic heterocycles. The van der Waals surface area contributed by atoms with Gasteiger partial charge in [0, 0.05) is 10.0 Å². The van der Waals surface area contributed by atoms with Crippen LogP contribution in [0.25, 0.3) is 0 Å². The van der Waals surface area contributed by atoms with Crippen LogP contribution in [-0.2, 0) is 0 Å². The maximum Gasteiger partial charge on any atom is 0.207 e. The van der Waals surface area contributed by atoms with Gasteiger partial charge in [0.25, 0.3) is 0 Å². The fourth-order valence-corrected chi connectivity index (χ4v) is 1.01. The lowest BCUT2D eigenvalue weighted by atomic mass is 10.1. The average Bonchev–Trinajstić information content (AvgIpc) is 2.06. The summed E-state index contributed by atoms with van der Waals surface area (Å²) in [5, 5.41) is 10.7. The van der Waals surface area contributed by atoms with E-state index in [9.17, 15) is 4.79 Å². The van der Waals surface area contributed by atoms with Gasteiger partial charge in [-0.15, -0.1) is 0 Å². The minimum Gasteiger partial charge on any atom is -0.411 e. The molecule has 0 heterocycles. The van der Waals surface area contributed by atoms with Gasteiger partial charge < -0.3 is 5.21 Å². The first-order valence-corrected chi connectivity index (χ1v) is 4.00. The molecule has 0 amide bonds. The van der Waals surface area contributed by atoms with E-state index in [4.69, 9.17) is 5.21 Å². The molecule has 0 saturated carbocycles. The van der Waals surface area contributed by atoms with E-state index in [2.05, 4.69) is 21.1 Å². The highest BCUT2D eigenvalue weighted by atomic mass is 79.9. The molecule has 0 aliphatic rings. The van der Waals surface area contributed by atoms with E-state index >= 15 is 0 Å². The van der Waals surface area contributed by atoms with Gasteiger partial charge in [-0.1, -0.05) is 21.1 Å². The third-order valence-electron chi connectivity index (χ3n) is 1.30. The van der Waals surface area contributed by atoms with Crippen molar-refractivity contribution in [3.63, 3.8) is 0 Å². The highest BCUT2D eigenvalue weighted by molar-refractivity contribution is 9.10. The Kier molecular flexibility index (Phi) is 2.99. The molecule has 0 bridgehead atoms. The quantitative estimate of drug-likeness (QED) is 0.364. The second kappa shape index (κ2) is 4.01. The van der Waals surface area contributed by atoms with Crippen molar-refractivity contribution in [2.75, 3.05) is 0 Å². The van der Waals surface area contributed by atoms with Crippen LogP contribution in [0.15, 0.2) is 33.9 Å². The number of carbonyl (C=O) groups is 1. The SMILES string of the molecule is O=C(/C=N/O)c1ccc(Br)cc1. The number of benzene rings is 1. The molecule has 1 rings (SSSR count). The van der Waals surface area contributed by atoms with Gasteiger partial charge in [-0.2, -0.15) is 0 Å². The van der Waals surface area contributed by atoms with Crippen LogP contribution in [0.1, 0.15) is 10.4 Å². The fraction of sp³-hybridized carbons (Fsp3) is 0. The smallest absolute Gasteiger partial charge is 0.207 e. The van der Waals surface area contributed by atoms with Crippen molar-refractivity contribution >= 4 is 27.9 Å². The Morgan fingerprint density at radius 1 is 1.42 bits per heavy atom. The van der Waals surface area contributed by atoms with Crippen LogP contribution in [-0.4, -0.2) is 17.2 Å². The van der Waals surface area contributed by atoms with E-state index in [0.717, 1.165) is 10.7 Å². The van der Waals surface area contributed by atoms with Gasteiger partial charge in [0.05, 0.1) is 0 Å². The Morgan fingerprint density at radius 2 is 2.00 bits per heavy atom. The Hall–Kier alpha value is -1.16. The fourth-order valence-electron chi connectivity index (χ4n) is 0.741.